The van der Waals surface area contributed by atoms with Crippen molar-refractivity contribution in [1.29, 1.82) is 0 Å². The van der Waals surface area contributed by atoms with E-state index >= 15 is 0 Å². The summed E-state index contributed by atoms with van der Waals surface area (Å²) in [5.41, 5.74) is 0.763. The predicted octanol–water partition coefficient (Wildman–Crippen LogP) is 3.30. The Hall–Kier alpha value is -0.450. The Kier molecular flexibility index (Phi) is 2.36. The summed E-state index contributed by atoms with van der Waals surface area (Å²) in [6.45, 7) is -0.0654. The third kappa shape index (κ3) is 1.39. The van der Waals surface area contributed by atoms with Crippen molar-refractivity contribution >= 4 is 37.4 Å². The average molecular weight is 261 g/mol. The smallest absolute Gasteiger partial charge is 0.141 e. The van der Waals surface area contributed by atoms with Gasteiger partial charge in [0.05, 0.1) is 15.1 Å². The van der Waals surface area contributed by atoms with Gasteiger partial charge in [-0.05, 0) is 22.0 Å². The molecule has 0 saturated heterocycles. The van der Waals surface area contributed by atoms with Crippen LogP contribution in [0, 0.1) is 5.82 Å². The van der Waals surface area contributed by atoms with Crippen LogP contribution in [-0.2, 0) is 6.61 Å². The van der Waals surface area contributed by atoms with Crippen LogP contribution in [0.4, 0.5) is 4.39 Å². The van der Waals surface area contributed by atoms with E-state index in [1.54, 1.807) is 6.07 Å². The molecule has 0 spiro atoms. The van der Waals surface area contributed by atoms with Crippen molar-refractivity contribution in [2.24, 2.45) is 0 Å². The summed E-state index contributed by atoms with van der Waals surface area (Å²) in [6, 6.07) is 4.88. The fourth-order valence-corrected chi connectivity index (χ4v) is 3.02. The van der Waals surface area contributed by atoms with Crippen LogP contribution in [0.15, 0.2) is 22.0 Å². The van der Waals surface area contributed by atoms with Gasteiger partial charge in [0.2, 0.25) is 0 Å². The molecule has 1 aromatic carbocycles. The molecule has 13 heavy (non-hydrogen) atoms. The molecule has 0 aliphatic heterocycles. The third-order valence-corrected chi connectivity index (χ3v) is 3.89. The summed E-state index contributed by atoms with van der Waals surface area (Å²) < 4.78 is 14.6. The van der Waals surface area contributed by atoms with Gasteiger partial charge in [-0.25, -0.2) is 4.39 Å². The van der Waals surface area contributed by atoms with Crippen LogP contribution in [0.25, 0.3) is 10.1 Å². The van der Waals surface area contributed by atoms with E-state index in [1.165, 1.54) is 17.4 Å². The molecule has 1 N–H and O–H groups in total. The highest BCUT2D eigenvalue weighted by atomic mass is 79.9. The zero-order valence-electron chi connectivity index (χ0n) is 6.55. The van der Waals surface area contributed by atoms with Crippen molar-refractivity contribution in [3.05, 3.63) is 33.4 Å². The summed E-state index contributed by atoms with van der Waals surface area (Å²) in [7, 11) is 0. The van der Waals surface area contributed by atoms with Crippen molar-refractivity contribution in [3.63, 3.8) is 0 Å². The molecule has 0 radical (unpaired) electrons. The predicted molar refractivity (Wildman–Crippen MR) is 55.4 cm³/mol. The van der Waals surface area contributed by atoms with Gasteiger partial charge in [0.25, 0.3) is 0 Å². The molecule has 0 bridgehead atoms. The SMILES string of the molecule is OCc1c(Br)sc2c(F)cccc12. The molecule has 68 valence electrons. The van der Waals surface area contributed by atoms with Gasteiger partial charge in [0.1, 0.15) is 5.82 Å². The molecule has 0 saturated carbocycles. The highest BCUT2D eigenvalue weighted by molar-refractivity contribution is 9.11. The number of rotatable bonds is 1. The number of aliphatic hydroxyl groups excluding tert-OH is 1. The number of thiophene rings is 1. The van der Waals surface area contributed by atoms with Gasteiger partial charge >= 0.3 is 0 Å². The maximum absolute atomic E-state index is 13.2. The lowest BCUT2D eigenvalue weighted by atomic mass is 10.2. The Balaban J connectivity index is 2.86. The van der Waals surface area contributed by atoms with Crippen LogP contribution in [0.2, 0.25) is 0 Å². The molecular formula is C9H6BrFOS. The minimum Gasteiger partial charge on any atom is -0.392 e. The molecule has 4 heteroatoms. The largest absolute Gasteiger partial charge is 0.392 e. The first-order valence-electron chi connectivity index (χ1n) is 3.70. The molecule has 0 amide bonds. The first-order chi connectivity index (χ1) is 6.24. The monoisotopic (exact) mass is 260 g/mol. The van der Waals surface area contributed by atoms with Crippen molar-refractivity contribution < 1.29 is 9.50 Å². The second kappa shape index (κ2) is 3.36. The average Bonchev–Trinajstić information content (AvgIpc) is 2.43. The number of hydrogen-bond acceptors (Lipinski definition) is 2. The van der Waals surface area contributed by atoms with Gasteiger partial charge in [-0.2, -0.15) is 0 Å². The molecule has 0 aliphatic carbocycles. The number of hydrogen-bond donors (Lipinski definition) is 1. The Morgan fingerprint density at radius 2 is 2.23 bits per heavy atom. The number of fused-ring (bicyclic) bond motifs is 1. The van der Waals surface area contributed by atoms with E-state index in [4.69, 9.17) is 5.11 Å². The Labute approximate surface area is 86.9 Å². The highest BCUT2D eigenvalue weighted by Gasteiger charge is 2.11. The second-order valence-corrected chi connectivity index (χ2v) is 4.97. The maximum atomic E-state index is 13.2. The lowest BCUT2D eigenvalue weighted by Gasteiger charge is -1.94. The topological polar surface area (TPSA) is 20.2 Å². The summed E-state index contributed by atoms with van der Waals surface area (Å²) in [6.07, 6.45) is 0. The van der Waals surface area contributed by atoms with Gasteiger partial charge in [-0.3, -0.25) is 0 Å². The molecule has 0 fully saturated rings. The van der Waals surface area contributed by atoms with Crippen LogP contribution in [-0.4, -0.2) is 5.11 Å². The van der Waals surface area contributed by atoms with Gasteiger partial charge in [-0.1, -0.05) is 12.1 Å². The quantitative estimate of drug-likeness (QED) is 0.835. The summed E-state index contributed by atoms with van der Waals surface area (Å²) in [4.78, 5) is 0. The standard InChI is InChI=1S/C9H6BrFOS/c10-9-6(4-12)5-2-1-3-7(11)8(5)13-9/h1-3,12H,4H2. The first-order valence-corrected chi connectivity index (χ1v) is 5.31. The molecular weight excluding hydrogens is 255 g/mol. The third-order valence-electron chi connectivity index (χ3n) is 1.88. The van der Waals surface area contributed by atoms with E-state index in [2.05, 4.69) is 15.9 Å². The second-order valence-electron chi connectivity index (χ2n) is 2.63. The zero-order valence-corrected chi connectivity index (χ0v) is 8.95. The number of halogens is 2. The Morgan fingerprint density at radius 3 is 2.92 bits per heavy atom. The Morgan fingerprint density at radius 1 is 1.46 bits per heavy atom. The summed E-state index contributed by atoms with van der Waals surface area (Å²) in [5.74, 6) is -0.233. The van der Waals surface area contributed by atoms with E-state index in [9.17, 15) is 4.39 Å². The molecule has 2 aromatic rings. The molecule has 1 aromatic heterocycles. The molecule has 1 heterocycles. The molecule has 0 unspecified atom stereocenters. The van der Waals surface area contributed by atoms with Gasteiger partial charge in [0, 0.05) is 10.9 Å². The van der Waals surface area contributed by atoms with Crippen molar-refractivity contribution in [2.45, 2.75) is 6.61 Å². The molecule has 0 aliphatic rings. The molecule has 0 atom stereocenters. The van der Waals surface area contributed by atoms with Crippen LogP contribution < -0.4 is 0 Å². The fourth-order valence-electron chi connectivity index (χ4n) is 1.25. The van der Waals surface area contributed by atoms with E-state index in [0.29, 0.717) is 4.70 Å². The summed E-state index contributed by atoms with van der Waals surface area (Å²) in [5, 5.41) is 9.84. The van der Waals surface area contributed by atoms with Crippen LogP contribution in [0.5, 0.6) is 0 Å². The summed E-state index contributed by atoms with van der Waals surface area (Å²) >= 11 is 4.61. The lowest BCUT2D eigenvalue weighted by Crippen LogP contribution is -1.80. The van der Waals surface area contributed by atoms with Gasteiger partial charge in [0.15, 0.2) is 0 Å². The number of benzene rings is 1. The van der Waals surface area contributed by atoms with Gasteiger partial charge in [-0.15, -0.1) is 11.3 Å². The number of aliphatic hydroxyl groups is 1. The fraction of sp³-hybridized carbons (Fsp3) is 0.111. The minimum absolute atomic E-state index is 0.0654. The first kappa shape index (κ1) is 9.12. The van der Waals surface area contributed by atoms with Crippen molar-refractivity contribution in [2.75, 3.05) is 0 Å². The zero-order chi connectivity index (χ0) is 9.42. The Bertz CT molecular complexity index is 452. The van der Waals surface area contributed by atoms with E-state index in [0.717, 1.165) is 14.7 Å². The lowest BCUT2D eigenvalue weighted by molar-refractivity contribution is 0.283. The van der Waals surface area contributed by atoms with Crippen LogP contribution in [0.3, 0.4) is 0 Å². The van der Waals surface area contributed by atoms with Gasteiger partial charge < -0.3 is 5.11 Å². The highest BCUT2D eigenvalue weighted by Crippen LogP contribution is 2.36. The molecule has 2 rings (SSSR count). The van der Waals surface area contributed by atoms with Crippen LogP contribution >= 0.6 is 27.3 Å². The van der Waals surface area contributed by atoms with E-state index < -0.39 is 0 Å². The molecule has 1 nitrogen and oxygen atoms in total. The van der Waals surface area contributed by atoms with Crippen molar-refractivity contribution in [1.82, 2.24) is 0 Å². The normalized spacial score (nSPS) is 11.0. The van der Waals surface area contributed by atoms with E-state index in [1.807, 2.05) is 6.07 Å². The maximum Gasteiger partial charge on any atom is 0.141 e. The van der Waals surface area contributed by atoms with Crippen molar-refractivity contribution in [3.8, 4) is 0 Å². The minimum atomic E-state index is -0.233. The van der Waals surface area contributed by atoms with Crippen LogP contribution in [0.1, 0.15) is 5.56 Å². The van der Waals surface area contributed by atoms with E-state index in [-0.39, 0.29) is 12.4 Å².